The Balaban J connectivity index is 2.88. The van der Waals surface area contributed by atoms with Crippen molar-refractivity contribution in [1.82, 2.24) is 5.32 Å². The summed E-state index contributed by atoms with van der Waals surface area (Å²) in [7, 11) is 0. The molecule has 2 nitrogen and oxygen atoms in total. The minimum atomic E-state index is -0.279. The molecule has 16 heavy (non-hydrogen) atoms. The molecule has 0 heterocycles. The van der Waals surface area contributed by atoms with Gasteiger partial charge in [0, 0.05) is 0 Å². The van der Waals surface area contributed by atoms with Crippen molar-refractivity contribution in [2.24, 2.45) is 0 Å². The summed E-state index contributed by atoms with van der Waals surface area (Å²) in [5.74, 6) is 4.73. The third-order valence-electron chi connectivity index (χ3n) is 2.43. The number of hydrogen-bond acceptors (Lipinski definition) is 2. The van der Waals surface area contributed by atoms with Crippen LogP contribution in [0.4, 0.5) is 0 Å². The quantitative estimate of drug-likeness (QED) is 0.441. The molecule has 0 bridgehead atoms. The van der Waals surface area contributed by atoms with Gasteiger partial charge in [0.1, 0.15) is 0 Å². The zero-order valence-corrected chi connectivity index (χ0v) is 13.1. The topological polar surface area (TPSA) is 21.3 Å². The van der Waals surface area contributed by atoms with Crippen molar-refractivity contribution in [2.45, 2.75) is 57.1 Å². The fourth-order valence-electron chi connectivity index (χ4n) is 1.46. The first-order valence-electron chi connectivity index (χ1n) is 6.60. The van der Waals surface area contributed by atoms with Gasteiger partial charge in [-0.3, -0.25) is 0 Å². The van der Waals surface area contributed by atoms with Crippen molar-refractivity contribution in [3.8, 4) is 0 Å². The van der Waals surface area contributed by atoms with Gasteiger partial charge in [-0.2, -0.15) is 0 Å². The van der Waals surface area contributed by atoms with Crippen LogP contribution in [0.25, 0.3) is 0 Å². The molecule has 0 aliphatic carbocycles. The van der Waals surface area contributed by atoms with Gasteiger partial charge in [-0.1, -0.05) is 6.92 Å². The SMILES string of the molecule is CCCCCCOCCCCNC[Se](C)C. The summed E-state index contributed by atoms with van der Waals surface area (Å²) in [6, 6.07) is 0. The molecule has 0 aliphatic rings. The normalized spacial score (nSPS) is 11.2. The van der Waals surface area contributed by atoms with Crippen LogP contribution in [-0.2, 0) is 4.74 Å². The van der Waals surface area contributed by atoms with Gasteiger partial charge in [-0.15, -0.1) is 0 Å². The minimum absolute atomic E-state index is 0.279. The van der Waals surface area contributed by atoms with Crippen LogP contribution in [0.15, 0.2) is 0 Å². The van der Waals surface area contributed by atoms with Gasteiger partial charge in [0.2, 0.25) is 0 Å². The van der Waals surface area contributed by atoms with Gasteiger partial charge in [0.15, 0.2) is 0 Å². The third kappa shape index (κ3) is 14.4. The second-order valence-electron chi connectivity index (χ2n) is 4.51. The van der Waals surface area contributed by atoms with E-state index in [-0.39, 0.29) is 13.9 Å². The van der Waals surface area contributed by atoms with Crippen LogP contribution < -0.4 is 5.32 Å². The Morgan fingerprint density at radius 1 is 0.938 bits per heavy atom. The van der Waals surface area contributed by atoms with Crippen molar-refractivity contribution in [2.75, 3.05) is 25.2 Å². The molecule has 0 amide bonds. The number of hydrogen-bond donors (Lipinski definition) is 1. The molecule has 0 unspecified atom stereocenters. The van der Waals surface area contributed by atoms with E-state index in [1.807, 2.05) is 0 Å². The molecule has 1 radical (unpaired) electrons. The van der Waals surface area contributed by atoms with Crippen molar-refractivity contribution in [1.29, 1.82) is 0 Å². The Hall–Kier alpha value is 0.439. The Morgan fingerprint density at radius 3 is 2.25 bits per heavy atom. The van der Waals surface area contributed by atoms with E-state index < -0.39 is 0 Å². The zero-order valence-electron chi connectivity index (χ0n) is 11.4. The molecule has 3 heteroatoms. The van der Waals surface area contributed by atoms with Gasteiger partial charge in [0.05, 0.1) is 0 Å². The van der Waals surface area contributed by atoms with Crippen LogP contribution in [0, 0.1) is 0 Å². The van der Waals surface area contributed by atoms with Crippen molar-refractivity contribution >= 4 is 13.9 Å². The van der Waals surface area contributed by atoms with Gasteiger partial charge < -0.3 is 0 Å². The Morgan fingerprint density at radius 2 is 1.62 bits per heavy atom. The number of unbranched alkanes of at least 4 members (excludes halogenated alkanes) is 4. The summed E-state index contributed by atoms with van der Waals surface area (Å²) in [6.45, 7) is 5.33. The summed E-state index contributed by atoms with van der Waals surface area (Å²) in [5, 5.41) is 3.50. The maximum atomic E-state index is 5.59. The van der Waals surface area contributed by atoms with Crippen LogP contribution in [0.1, 0.15) is 45.4 Å². The number of ether oxygens (including phenoxy) is 1. The van der Waals surface area contributed by atoms with E-state index in [1.165, 1.54) is 50.5 Å². The molecule has 0 atom stereocenters. The van der Waals surface area contributed by atoms with Crippen LogP contribution in [0.3, 0.4) is 0 Å². The van der Waals surface area contributed by atoms with E-state index in [2.05, 4.69) is 23.9 Å². The summed E-state index contributed by atoms with van der Waals surface area (Å²) >= 11 is -0.279. The fourth-order valence-corrected chi connectivity index (χ4v) is 2.62. The average molecular weight is 295 g/mol. The molecular weight excluding hydrogens is 265 g/mol. The molecule has 0 saturated heterocycles. The van der Waals surface area contributed by atoms with E-state index in [9.17, 15) is 0 Å². The standard InChI is InChI=1S/C13H30NOSe/c1-4-5-6-8-11-15-12-9-7-10-14-13-16(2)3/h14H,4-13H2,1-3H3. The fraction of sp³-hybridized carbons (Fsp3) is 1.00. The molecule has 1 N–H and O–H groups in total. The van der Waals surface area contributed by atoms with Gasteiger partial charge >= 0.3 is 99.3 Å². The van der Waals surface area contributed by atoms with Crippen LogP contribution in [-0.4, -0.2) is 39.1 Å². The Labute approximate surface area is 106 Å². The second-order valence-corrected chi connectivity index (χ2v) is 9.25. The molecule has 0 spiro atoms. The molecule has 0 aromatic heterocycles. The molecule has 0 rings (SSSR count). The predicted molar refractivity (Wildman–Crippen MR) is 74.5 cm³/mol. The van der Waals surface area contributed by atoms with E-state index >= 15 is 0 Å². The summed E-state index contributed by atoms with van der Waals surface area (Å²) in [4.78, 5) is 0. The summed E-state index contributed by atoms with van der Waals surface area (Å²) in [5.41, 5.74) is 1.26. The molecule has 99 valence electrons. The first-order chi connectivity index (χ1) is 7.77. The first kappa shape index (κ1) is 16.4. The van der Waals surface area contributed by atoms with Crippen molar-refractivity contribution in [3.63, 3.8) is 0 Å². The average Bonchev–Trinajstić information content (AvgIpc) is 2.25. The number of nitrogens with one attached hydrogen (secondary N) is 1. The van der Waals surface area contributed by atoms with E-state index in [4.69, 9.17) is 4.74 Å². The Bertz CT molecular complexity index is 131. The maximum absolute atomic E-state index is 5.59. The molecular formula is C13H30NOSe. The molecule has 0 aromatic rings. The molecule has 0 aliphatic heterocycles. The van der Waals surface area contributed by atoms with Gasteiger partial charge in [-0.25, -0.2) is 0 Å². The number of rotatable bonds is 12. The molecule has 0 fully saturated rings. The van der Waals surface area contributed by atoms with Crippen LogP contribution in [0.2, 0.25) is 11.6 Å². The third-order valence-corrected chi connectivity index (χ3v) is 4.06. The summed E-state index contributed by atoms with van der Waals surface area (Å²) < 4.78 is 5.59. The van der Waals surface area contributed by atoms with Gasteiger partial charge in [-0.05, 0) is 0 Å². The zero-order chi connectivity index (χ0) is 12.1. The van der Waals surface area contributed by atoms with Gasteiger partial charge in [0.25, 0.3) is 0 Å². The Kier molecular flexibility index (Phi) is 13.9. The van der Waals surface area contributed by atoms with Crippen molar-refractivity contribution < 1.29 is 4.74 Å². The predicted octanol–water partition coefficient (Wildman–Crippen LogP) is 3.25. The first-order valence-corrected chi connectivity index (χ1v) is 11.2. The van der Waals surface area contributed by atoms with Crippen LogP contribution >= 0.6 is 0 Å². The molecule has 0 saturated carbocycles. The van der Waals surface area contributed by atoms with E-state index in [1.54, 1.807) is 0 Å². The molecule has 0 aromatic carbocycles. The second kappa shape index (κ2) is 13.5. The monoisotopic (exact) mass is 296 g/mol. The van der Waals surface area contributed by atoms with Crippen molar-refractivity contribution in [3.05, 3.63) is 0 Å². The van der Waals surface area contributed by atoms with E-state index in [0.29, 0.717) is 0 Å². The summed E-state index contributed by atoms with van der Waals surface area (Å²) in [6.07, 6.45) is 7.70. The van der Waals surface area contributed by atoms with Crippen LogP contribution in [0.5, 0.6) is 0 Å². The van der Waals surface area contributed by atoms with E-state index in [0.717, 1.165) is 13.2 Å².